The van der Waals surface area contributed by atoms with Crippen LogP contribution in [0.2, 0.25) is 5.02 Å². The molecule has 1 aliphatic heterocycles. The number of hydroxylamine groups is 2. The Hall–Kier alpha value is -3.18. The lowest BCUT2D eigenvalue weighted by Crippen LogP contribution is -2.32. The van der Waals surface area contributed by atoms with Crippen molar-refractivity contribution < 1.29 is 19.2 Å². The summed E-state index contributed by atoms with van der Waals surface area (Å²) in [7, 11) is 0. The van der Waals surface area contributed by atoms with Crippen molar-refractivity contribution in [1.82, 2.24) is 5.06 Å². The molecular weight excluding hydrogens is 342 g/mol. The van der Waals surface area contributed by atoms with E-state index in [0.717, 1.165) is 5.39 Å². The third-order valence-corrected chi connectivity index (χ3v) is 4.20. The van der Waals surface area contributed by atoms with E-state index >= 15 is 0 Å². The van der Waals surface area contributed by atoms with Crippen LogP contribution in [0.15, 0.2) is 60.7 Å². The fourth-order valence-corrected chi connectivity index (χ4v) is 3.05. The third kappa shape index (κ3) is 2.45. The van der Waals surface area contributed by atoms with Gasteiger partial charge < -0.3 is 4.84 Å². The maximum absolute atomic E-state index is 12.6. The molecule has 0 aliphatic carbocycles. The molecule has 1 aliphatic rings. The highest BCUT2D eigenvalue weighted by Crippen LogP contribution is 2.27. The Labute approximate surface area is 147 Å². The minimum Gasteiger partial charge on any atom is -0.324 e. The highest BCUT2D eigenvalue weighted by Gasteiger charge is 2.39. The number of rotatable bonds is 2. The molecule has 3 aromatic rings. The van der Waals surface area contributed by atoms with Crippen molar-refractivity contribution in [3.63, 3.8) is 0 Å². The second kappa shape index (κ2) is 5.72. The Balaban J connectivity index is 1.70. The molecule has 25 heavy (non-hydrogen) atoms. The van der Waals surface area contributed by atoms with Crippen LogP contribution in [0, 0.1) is 0 Å². The van der Waals surface area contributed by atoms with Gasteiger partial charge >= 0.3 is 5.97 Å². The zero-order valence-corrected chi connectivity index (χ0v) is 13.5. The number of amides is 2. The zero-order chi connectivity index (χ0) is 17.6. The predicted molar refractivity (Wildman–Crippen MR) is 91.3 cm³/mol. The van der Waals surface area contributed by atoms with Gasteiger partial charge in [-0.05, 0) is 35.0 Å². The summed E-state index contributed by atoms with van der Waals surface area (Å²) in [6.45, 7) is 0. The fourth-order valence-electron chi connectivity index (χ4n) is 2.83. The van der Waals surface area contributed by atoms with Crippen molar-refractivity contribution in [1.29, 1.82) is 0 Å². The molecule has 0 aromatic heterocycles. The highest BCUT2D eigenvalue weighted by molar-refractivity contribution is 6.32. The number of carbonyl (C=O) groups excluding carboxylic acids is 3. The summed E-state index contributed by atoms with van der Waals surface area (Å²) in [5, 5.41) is 2.22. The van der Waals surface area contributed by atoms with Crippen molar-refractivity contribution >= 4 is 40.2 Å². The summed E-state index contributed by atoms with van der Waals surface area (Å²) < 4.78 is 0. The Morgan fingerprint density at radius 1 is 0.880 bits per heavy atom. The van der Waals surface area contributed by atoms with Gasteiger partial charge in [0.1, 0.15) is 0 Å². The molecule has 1 heterocycles. The lowest BCUT2D eigenvalue weighted by Gasteiger charge is -2.14. The van der Waals surface area contributed by atoms with Gasteiger partial charge in [0.2, 0.25) is 0 Å². The number of benzene rings is 3. The van der Waals surface area contributed by atoms with Crippen LogP contribution in [0.4, 0.5) is 0 Å². The number of nitrogens with zero attached hydrogens (tertiary/aromatic N) is 1. The number of carbonyl (C=O) groups is 3. The van der Waals surface area contributed by atoms with Crippen LogP contribution in [0.25, 0.3) is 10.8 Å². The molecule has 2 amide bonds. The van der Waals surface area contributed by atoms with Crippen molar-refractivity contribution in [2.75, 3.05) is 0 Å². The van der Waals surface area contributed by atoms with Gasteiger partial charge in [-0.25, -0.2) is 4.79 Å². The van der Waals surface area contributed by atoms with Gasteiger partial charge in [-0.2, -0.15) is 0 Å². The van der Waals surface area contributed by atoms with Crippen LogP contribution in [0.1, 0.15) is 31.1 Å². The lowest BCUT2D eigenvalue weighted by atomic mass is 10.0. The first-order valence-electron chi connectivity index (χ1n) is 7.44. The summed E-state index contributed by atoms with van der Waals surface area (Å²) in [5.74, 6) is -2.16. The van der Waals surface area contributed by atoms with E-state index in [2.05, 4.69) is 0 Å². The zero-order valence-electron chi connectivity index (χ0n) is 12.7. The second-order valence-corrected chi connectivity index (χ2v) is 5.94. The van der Waals surface area contributed by atoms with Gasteiger partial charge in [0.25, 0.3) is 11.8 Å². The summed E-state index contributed by atoms with van der Waals surface area (Å²) in [5.41, 5.74) is 0.590. The molecule has 0 fully saturated rings. The number of imide groups is 1. The molecule has 3 aromatic carbocycles. The minimum atomic E-state index is -0.826. The van der Waals surface area contributed by atoms with E-state index in [-0.39, 0.29) is 16.7 Å². The first-order chi connectivity index (χ1) is 12.1. The van der Waals surface area contributed by atoms with E-state index in [1.54, 1.807) is 36.4 Å². The summed E-state index contributed by atoms with van der Waals surface area (Å²) in [4.78, 5) is 42.3. The Morgan fingerprint density at radius 3 is 2.16 bits per heavy atom. The van der Waals surface area contributed by atoms with E-state index in [0.29, 0.717) is 15.5 Å². The van der Waals surface area contributed by atoms with E-state index in [1.807, 2.05) is 6.07 Å². The molecule has 0 atom stereocenters. The minimum absolute atomic E-state index is 0.180. The normalized spacial score (nSPS) is 13.2. The maximum Gasteiger partial charge on any atom is 0.364 e. The van der Waals surface area contributed by atoms with Gasteiger partial charge in [-0.1, -0.05) is 53.1 Å². The highest BCUT2D eigenvalue weighted by atomic mass is 35.5. The van der Waals surface area contributed by atoms with E-state index in [4.69, 9.17) is 16.4 Å². The third-order valence-electron chi connectivity index (χ3n) is 3.98. The topological polar surface area (TPSA) is 63.7 Å². The maximum atomic E-state index is 12.6. The van der Waals surface area contributed by atoms with Gasteiger partial charge in [0.15, 0.2) is 0 Å². The van der Waals surface area contributed by atoms with Crippen LogP contribution in [0.5, 0.6) is 0 Å². The fraction of sp³-hybridized carbons (Fsp3) is 0. The van der Waals surface area contributed by atoms with Crippen molar-refractivity contribution in [2.45, 2.75) is 0 Å². The van der Waals surface area contributed by atoms with Crippen LogP contribution in [-0.2, 0) is 4.84 Å². The average molecular weight is 352 g/mol. The Kier molecular flexibility index (Phi) is 3.51. The van der Waals surface area contributed by atoms with Crippen molar-refractivity contribution in [3.8, 4) is 0 Å². The lowest BCUT2D eigenvalue weighted by molar-refractivity contribution is -0.0583. The smallest absolute Gasteiger partial charge is 0.324 e. The van der Waals surface area contributed by atoms with Crippen LogP contribution in [-0.4, -0.2) is 22.8 Å². The average Bonchev–Trinajstić information content (AvgIpc) is 2.86. The standard InChI is InChI=1S/C19H10ClNO4/c20-12-9-11-5-1-2-6-13(11)16(10-12)19(24)25-21-17(22)14-7-3-4-8-15(14)18(21)23/h1-10H. The molecule has 6 heteroatoms. The van der Waals surface area contributed by atoms with Crippen LogP contribution < -0.4 is 0 Å². The van der Waals surface area contributed by atoms with E-state index < -0.39 is 17.8 Å². The molecule has 4 rings (SSSR count). The van der Waals surface area contributed by atoms with Gasteiger partial charge in [0.05, 0.1) is 16.7 Å². The van der Waals surface area contributed by atoms with Gasteiger partial charge in [0, 0.05) is 5.02 Å². The summed E-state index contributed by atoms with van der Waals surface area (Å²) >= 11 is 6.06. The predicted octanol–water partition coefficient (Wildman–Crippen LogP) is 3.86. The Morgan fingerprint density at radius 2 is 1.48 bits per heavy atom. The molecule has 0 saturated heterocycles. The molecule has 0 unspecified atom stereocenters. The summed E-state index contributed by atoms with van der Waals surface area (Å²) in [6, 6.07) is 16.6. The quantitative estimate of drug-likeness (QED) is 0.658. The van der Waals surface area contributed by atoms with Crippen molar-refractivity contribution in [2.24, 2.45) is 0 Å². The first-order valence-corrected chi connectivity index (χ1v) is 7.82. The number of hydrogen-bond donors (Lipinski definition) is 0. The second-order valence-electron chi connectivity index (χ2n) is 5.50. The molecule has 0 saturated carbocycles. The summed E-state index contributed by atoms with van der Waals surface area (Å²) in [6.07, 6.45) is 0. The molecule has 122 valence electrons. The van der Waals surface area contributed by atoms with Crippen LogP contribution >= 0.6 is 11.6 Å². The van der Waals surface area contributed by atoms with E-state index in [9.17, 15) is 14.4 Å². The SMILES string of the molecule is O=C(ON1C(=O)c2ccccc2C1=O)c1cc(Cl)cc2ccccc12. The van der Waals surface area contributed by atoms with Gasteiger partial charge in [-0.3, -0.25) is 9.59 Å². The Bertz CT molecular complexity index is 1030. The molecular formula is C19H10ClNO4. The monoisotopic (exact) mass is 351 g/mol. The molecule has 0 radical (unpaired) electrons. The molecule has 0 bridgehead atoms. The van der Waals surface area contributed by atoms with E-state index in [1.165, 1.54) is 18.2 Å². The van der Waals surface area contributed by atoms with Gasteiger partial charge in [-0.15, -0.1) is 0 Å². The number of halogens is 1. The molecule has 5 nitrogen and oxygen atoms in total. The largest absolute Gasteiger partial charge is 0.364 e. The number of hydrogen-bond acceptors (Lipinski definition) is 4. The van der Waals surface area contributed by atoms with Crippen molar-refractivity contribution in [3.05, 3.63) is 82.4 Å². The first kappa shape index (κ1) is 15.4. The molecule has 0 N–H and O–H groups in total. The van der Waals surface area contributed by atoms with Crippen LogP contribution in [0.3, 0.4) is 0 Å². The molecule has 0 spiro atoms. The number of fused-ring (bicyclic) bond motifs is 2.